The van der Waals surface area contributed by atoms with Gasteiger partial charge in [-0.05, 0) is 38.1 Å². The molecule has 27 heavy (non-hydrogen) atoms. The summed E-state index contributed by atoms with van der Waals surface area (Å²) in [5, 5.41) is 0.681. The number of rotatable bonds is 10. The minimum atomic E-state index is -1.99. The number of allylic oxidation sites excluding steroid dienone is 1. The van der Waals surface area contributed by atoms with Crippen LogP contribution >= 0.6 is 15.9 Å². The summed E-state index contributed by atoms with van der Waals surface area (Å²) in [5.74, 6) is 0.501. The lowest BCUT2D eigenvalue weighted by molar-refractivity contribution is -0.138. The molecule has 0 aromatic heterocycles. The molecule has 0 radical (unpaired) electrons. The molecule has 0 heterocycles. The fourth-order valence-corrected chi connectivity index (χ4v) is 3.88. The lowest BCUT2D eigenvalue weighted by Crippen LogP contribution is -2.41. The Bertz CT molecular complexity index is 551. The molecule has 7 heteroatoms. The Balaban J connectivity index is 2.95. The Morgan fingerprint density at radius 3 is 2.41 bits per heavy atom. The van der Waals surface area contributed by atoms with Crippen LogP contribution in [0.25, 0.3) is 0 Å². The fraction of sp³-hybridized carbons (Fsp3) is 0.750. The number of hydrogen-bond donors (Lipinski definition) is 0. The second kappa shape index (κ2) is 10.8. The van der Waals surface area contributed by atoms with Crippen LogP contribution in [0.15, 0.2) is 23.5 Å². The summed E-state index contributed by atoms with van der Waals surface area (Å²) in [5.41, 5.74) is 0.633. The molecule has 1 aliphatic carbocycles. The maximum atomic E-state index is 12.3. The van der Waals surface area contributed by atoms with Crippen molar-refractivity contribution in [1.82, 2.24) is 0 Å². The van der Waals surface area contributed by atoms with Crippen LogP contribution in [0, 0.1) is 5.92 Å². The molecular formula is C20H35BrO5Si. The van der Waals surface area contributed by atoms with Crippen LogP contribution in [0.3, 0.4) is 0 Å². The highest BCUT2D eigenvalue weighted by atomic mass is 79.9. The minimum Gasteiger partial charge on any atom is -0.546 e. The van der Waals surface area contributed by atoms with Crippen LogP contribution in [-0.2, 0) is 23.4 Å². The van der Waals surface area contributed by atoms with Crippen LogP contribution in [0.4, 0.5) is 0 Å². The number of hydrogen-bond acceptors (Lipinski definition) is 5. The zero-order valence-electron chi connectivity index (χ0n) is 17.8. The minimum absolute atomic E-state index is 0.0556. The average Bonchev–Trinajstić information content (AvgIpc) is 2.57. The molecule has 0 saturated heterocycles. The number of carbonyl (C=O) groups is 1. The molecule has 5 nitrogen and oxygen atoms in total. The maximum Gasteiger partial charge on any atom is 0.334 e. The fourth-order valence-electron chi connectivity index (χ4n) is 2.40. The monoisotopic (exact) mass is 462 g/mol. The van der Waals surface area contributed by atoms with Gasteiger partial charge in [-0.15, -0.1) is 0 Å². The van der Waals surface area contributed by atoms with E-state index in [9.17, 15) is 4.79 Å². The Morgan fingerprint density at radius 1 is 1.22 bits per heavy atom. The van der Waals surface area contributed by atoms with E-state index in [0.717, 1.165) is 5.76 Å². The van der Waals surface area contributed by atoms with Crippen molar-refractivity contribution in [2.24, 2.45) is 5.92 Å². The van der Waals surface area contributed by atoms with Gasteiger partial charge in [-0.25, -0.2) is 4.79 Å². The summed E-state index contributed by atoms with van der Waals surface area (Å²) in [6.07, 6.45) is 4.15. The van der Waals surface area contributed by atoms with Gasteiger partial charge >= 0.3 is 5.97 Å². The van der Waals surface area contributed by atoms with Gasteiger partial charge in [0.15, 0.2) is 6.29 Å². The van der Waals surface area contributed by atoms with Crippen molar-refractivity contribution in [2.45, 2.75) is 65.5 Å². The van der Waals surface area contributed by atoms with Crippen molar-refractivity contribution in [2.75, 3.05) is 25.2 Å². The molecule has 0 fully saturated rings. The van der Waals surface area contributed by atoms with Gasteiger partial charge in [-0.1, -0.05) is 42.8 Å². The van der Waals surface area contributed by atoms with Crippen LogP contribution < -0.4 is 0 Å². The zero-order valence-corrected chi connectivity index (χ0v) is 20.4. The van der Waals surface area contributed by atoms with Gasteiger partial charge < -0.3 is 18.6 Å². The van der Waals surface area contributed by atoms with Gasteiger partial charge in [0, 0.05) is 24.5 Å². The summed E-state index contributed by atoms with van der Waals surface area (Å²) in [6.45, 7) is 16.1. The van der Waals surface area contributed by atoms with Crippen molar-refractivity contribution >= 4 is 30.2 Å². The van der Waals surface area contributed by atoms with Gasteiger partial charge in [-0.2, -0.15) is 0 Å². The van der Waals surface area contributed by atoms with Crippen LogP contribution in [0.5, 0.6) is 0 Å². The second-order valence-corrected chi connectivity index (χ2v) is 13.5. The maximum absolute atomic E-state index is 12.3. The topological polar surface area (TPSA) is 54.0 Å². The van der Waals surface area contributed by atoms with E-state index in [-0.39, 0.29) is 23.2 Å². The highest BCUT2D eigenvalue weighted by Crippen LogP contribution is 2.39. The highest BCUT2D eigenvalue weighted by molar-refractivity contribution is 9.09. The van der Waals surface area contributed by atoms with Crippen molar-refractivity contribution in [3.05, 3.63) is 23.5 Å². The molecule has 0 amide bonds. The Morgan fingerprint density at radius 2 is 1.89 bits per heavy atom. The van der Waals surface area contributed by atoms with E-state index in [1.165, 1.54) is 0 Å². The van der Waals surface area contributed by atoms with Gasteiger partial charge in [0.25, 0.3) is 0 Å². The third kappa shape index (κ3) is 7.72. The number of carbonyl (C=O) groups excluding carboxylic acids is 1. The molecular weight excluding hydrogens is 428 g/mol. The first kappa shape index (κ1) is 24.4. The molecule has 0 aliphatic heterocycles. The van der Waals surface area contributed by atoms with Crippen LogP contribution in [0.1, 0.15) is 41.0 Å². The molecule has 0 spiro atoms. The first-order chi connectivity index (χ1) is 12.5. The molecule has 0 N–H and O–H groups in total. The molecule has 2 unspecified atom stereocenters. The predicted octanol–water partition coefficient (Wildman–Crippen LogP) is 5.18. The summed E-state index contributed by atoms with van der Waals surface area (Å²) < 4.78 is 23.0. The van der Waals surface area contributed by atoms with Crippen LogP contribution in [0.2, 0.25) is 18.1 Å². The molecule has 0 aromatic carbocycles. The van der Waals surface area contributed by atoms with Crippen molar-refractivity contribution in [3.63, 3.8) is 0 Å². The van der Waals surface area contributed by atoms with E-state index in [2.05, 4.69) is 55.9 Å². The number of esters is 1. The third-order valence-corrected chi connectivity index (χ3v) is 9.78. The van der Waals surface area contributed by atoms with Gasteiger partial charge in [0.05, 0.1) is 24.3 Å². The lowest BCUT2D eigenvalue weighted by atomic mass is 9.96. The molecule has 0 saturated carbocycles. The highest BCUT2D eigenvalue weighted by Gasteiger charge is 2.40. The molecule has 156 valence electrons. The van der Waals surface area contributed by atoms with E-state index < -0.39 is 8.32 Å². The van der Waals surface area contributed by atoms with Crippen LogP contribution in [-0.4, -0.2) is 45.7 Å². The summed E-state index contributed by atoms with van der Waals surface area (Å²) in [7, 11) is -1.99. The molecule has 2 atom stereocenters. The largest absolute Gasteiger partial charge is 0.546 e. The Labute approximate surface area is 173 Å². The normalized spacial score (nSPS) is 19.2. The first-order valence-corrected chi connectivity index (χ1v) is 13.6. The second-order valence-electron chi connectivity index (χ2n) is 8.12. The predicted molar refractivity (Wildman–Crippen MR) is 114 cm³/mol. The van der Waals surface area contributed by atoms with Gasteiger partial charge in [0.1, 0.15) is 0 Å². The molecule has 1 aliphatic rings. The zero-order chi connectivity index (χ0) is 20.7. The quantitative estimate of drug-likeness (QED) is 0.194. The smallest absolute Gasteiger partial charge is 0.334 e. The Hall–Kier alpha value is -0.633. The van der Waals surface area contributed by atoms with E-state index in [1.54, 1.807) is 0 Å². The van der Waals surface area contributed by atoms with Crippen molar-refractivity contribution in [3.8, 4) is 0 Å². The number of ether oxygens (including phenoxy) is 3. The van der Waals surface area contributed by atoms with E-state index >= 15 is 0 Å². The average molecular weight is 463 g/mol. The summed E-state index contributed by atoms with van der Waals surface area (Å²) >= 11 is 3.40. The number of alkyl halides is 1. The van der Waals surface area contributed by atoms with E-state index in [4.69, 9.17) is 18.6 Å². The molecule has 0 aromatic rings. The van der Waals surface area contributed by atoms with Gasteiger partial charge in [0.2, 0.25) is 8.32 Å². The van der Waals surface area contributed by atoms with E-state index in [1.807, 2.05) is 19.9 Å². The van der Waals surface area contributed by atoms with Crippen molar-refractivity contribution in [1.29, 1.82) is 0 Å². The third-order valence-electron chi connectivity index (χ3n) is 4.86. The summed E-state index contributed by atoms with van der Waals surface area (Å²) in [4.78, 5) is 12.3. The van der Waals surface area contributed by atoms with E-state index in [0.29, 0.717) is 37.1 Å². The molecule has 0 bridgehead atoms. The summed E-state index contributed by atoms with van der Waals surface area (Å²) in [6, 6.07) is 0. The Kier molecular flexibility index (Phi) is 9.75. The van der Waals surface area contributed by atoms with Crippen molar-refractivity contribution < 1.29 is 23.4 Å². The standard InChI is InChI=1S/C20H35BrO5Si/c1-8-23-18(13-21)25-14-15-10-16(19(22)24-9-2)12-17(11-15)26-27(6,7)20(3,4)5/h10-11,15,18H,8-9,12-14H2,1-7H3. The first-order valence-electron chi connectivity index (χ1n) is 9.60. The number of halogens is 1. The SMILES string of the molecule is CCOC(=O)C1=CC(COC(CBr)OCC)C=C(O[Si](C)(C)C(C)(C)C)C1. The lowest BCUT2D eigenvalue weighted by Gasteiger charge is -2.38. The van der Waals surface area contributed by atoms with Gasteiger partial charge in [-0.3, -0.25) is 0 Å². The molecule has 1 rings (SSSR count).